The number of aliphatic hydroxyl groups is 1. The first-order valence-corrected chi connectivity index (χ1v) is 5.83. The number of aryl methyl sites for hydroxylation is 1. The maximum absolute atomic E-state index is 12.2. The zero-order chi connectivity index (χ0) is 12.9. The summed E-state index contributed by atoms with van der Waals surface area (Å²) in [6, 6.07) is 4.95. The SMILES string of the molecule is Cn1c(=O)oc2cc(C(=O)C3(CO)CC3)ccc21. The van der Waals surface area contributed by atoms with E-state index >= 15 is 0 Å². The van der Waals surface area contributed by atoms with E-state index in [0.717, 1.165) is 12.8 Å². The molecule has 0 saturated heterocycles. The van der Waals surface area contributed by atoms with E-state index in [0.29, 0.717) is 16.7 Å². The van der Waals surface area contributed by atoms with Gasteiger partial charge in [-0.3, -0.25) is 9.36 Å². The van der Waals surface area contributed by atoms with Crippen molar-refractivity contribution < 1.29 is 14.3 Å². The Balaban J connectivity index is 2.09. The third-order valence-corrected chi connectivity index (χ3v) is 3.69. The summed E-state index contributed by atoms with van der Waals surface area (Å²) >= 11 is 0. The second-order valence-corrected chi connectivity index (χ2v) is 4.88. The molecule has 94 valence electrons. The average Bonchev–Trinajstić information content (AvgIpc) is 3.12. The summed E-state index contributed by atoms with van der Waals surface area (Å²) in [6.07, 6.45) is 1.44. The number of rotatable bonds is 3. The first-order valence-electron chi connectivity index (χ1n) is 5.83. The molecule has 0 unspecified atom stereocenters. The number of fused-ring (bicyclic) bond motifs is 1. The highest BCUT2D eigenvalue weighted by atomic mass is 16.4. The quantitative estimate of drug-likeness (QED) is 0.824. The fourth-order valence-electron chi connectivity index (χ4n) is 2.19. The minimum Gasteiger partial charge on any atom is -0.408 e. The lowest BCUT2D eigenvalue weighted by Crippen LogP contribution is -2.19. The van der Waals surface area contributed by atoms with Crippen molar-refractivity contribution >= 4 is 16.9 Å². The van der Waals surface area contributed by atoms with Crippen molar-refractivity contribution in [2.24, 2.45) is 12.5 Å². The molecule has 0 amide bonds. The van der Waals surface area contributed by atoms with Gasteiger partial charge in [-0.2, -0.15) is 0 Å². The zero-order valence-corrected chi connectivity index (χ0v) is 9.97. The number of carbonyl (C=O) groups is 1. The molecule has 1 aliphatic rings. The number of hydrogen-bond acceptors (Lipinski definition) is 4. The van der Waals surface area contributed by atoms with Crippen molar-refractivity contribution in [1.29, 1.82) is 0 Å². The van der Waals surface area contributed by atoms with Gasteiger partial charge in [0.2, 0.25) is 0 Å². The van der Waals surface area contributed by atoms with Gasteiger partial charge in [-0.15, -0.1) is 0 Å². The Morgan fingerprint density at radius 1 is 1.50 bits per heavy atom. The van der Waals surface area contributed by atoms with Crippen molar-refractivity contribution in [2.75, 3.05) is 6.61 Å². The van der Waals surface area contributed by atoms with Crippen LogP contribution in [0.1, 0.15) is 23.2 Å². The van der Waals surface area contributed by atoms with Gasteiger partial charge in [-0.25, -0.2) is 4.79 Å². The molecule has 3 rings (SSSR count). The molecule has 5 heteroatoms. The standard InChI is InChI=1S/C13H13NO4/c1-14-9-3-2-8(6-10(9)18-12(14)17)11(16)13(7-15)4-5-13/h2-3,6,15H,4-5,7H2,1H3. The van der Waals surface area contributed by atoms with Crippen LogP contribution in [0, 0.1) is 5.41 Å². The van der Waals surface area contributed by atoms with Crippen LogP contribution >= 0.6 is 0 Å². The van der Waals surface area contributed by atoms with Crippen LogP contribution in [0.2, 0.25) is 0 Å². The molecular formula is C13H13NO4. The zero-order valence-electron chi connectivity index (χ0n) is 9.97. The molecule has 2 aromatic rings. The highest BCUT2D eigenvalue weighted by Crippen LogP contribution is 2.47. The van der Waals surface area contributed by atoms with Crippen LogP contribution in [0.3, 0.4) is 0 Å². The Bertz CT molecular complexity index is 691. The van der Waals surface area contributed by atoms with Crippen LogP contribution < -0.4 is 5.76 Å². The molecular weight excluding hydrogens is 234 g/mol. The minimum atomic E-state index is -0.594. The summed E-state index contributed by atoms with van der Waals surface area (Å²) in [7, 11) is 1.62. The predicted octanol–water partition coefficient (Wildman–Crippen LogP) is 1.09. The van der Waals surface area contributed by atoms with Crippen molar-refractivity contribution in [3.8, 4) is 0 Å². The molecule has 0 aliphatic heterocycles. The Morgan fingerprint density at radius 2 is 2.22 bits per heavy atom. The summed E-state index contributed by atoms with van der Waals surface area (Å²) in [5.74, 6) is -0.517. The van der Waals surface area contributed by atoms with Crippen molar-refractivity contribution in [2.45, 2.75) is 12.8 Å². The maximum atomic E-state index is 12.2. The largest absolute Gasteiger partial charge is 0.419 e. The lowest BCUT2D eigenvalue weighted by Gasteiger charge is -2.09. The third kappa shape index (κ3) is 1.44. The molecule has 1 N–H and O–H groups in total. The second-order valence-electron chi connectivity index (χ2n) is 4.88. The number of carbonyl (C=O) groups excluding carboxylic acids is 1. The molecule has 1 saturated carbocycles. The van der Waals surface area contributed by atoms with Gasteiger partial charge in [0, 0.05) is 12.6 Å². The number of nitrogens with zero attached hydrogens (tertiary/aromatic N) is 1. The minimum absolute atomic E-state index is 0.0709. The van der Waals surface area contributed by atoms with Gasteiger partial charge in [-0.05, 0) is 31.0 Å². The lowest BCUT2D eigenvalue weighted by atomic mass is 9.95. The highest BCUT2D eigenvalue weighted by Gasteiger charge is 2.49. The van der Waals surface area contributed by atoms with Crippen molar-refractivity contribution in [3.63, 3.8) is 0 Å². The van der Waals surface area contributed by atoms with Crippen LogP contribution in [0.15, 0.2) is 27.4 Å². The van der Waals surface area contributed by atoms with E-state index in [9.17, 15) is 14.7 Å². The Labute approximate surface area is 103 Å². The molecule has 1 heterocycles. The topological polar surface area (TPSA) is 72.4 Å². The molecule has 0 atom stereocenters. The molecule has 1 aromatic heterocycles. The van der Waals surface area contributed by atoms with Crippen LogP contribution in [0.4, 0.5) is 0 Å². The number of benzene rings is 1. The molecule has 5 nitrogen and oxygen atoms in total. The Hall–Kier alpha value is -1.88. The van der Waals surface area contributed by atoms with Gasteiger partial charge >= 0.3 is 5.76 Å². The average molecular weight is 247 g/mol. The van der Waals surface area contributed by atoms with Gasteiger partial charge < -0.3 is 9.52 Å². The van der Waals surface area contributed by atoms with Crippen LogP contribution in [-0.2, 0) is 7.05 Å². The molecule has 1 aliphatic carbocycles. The van der Waals surface area contributed by atoms with E-state index in [2.05, 4.69) is 0 Å². The number of Topliss-reactive ketones (excluding diaryl/α,β-unsaturated/α-hetero) is 1. The number of aromatic nitrogens is 1. The van der Waals surface area contributed by atoms with Gasteiger partial charge in [0.1, 0.15) is 0 Å². The number of ketones is 1. The van der Waals surface area contributed by atoms with E-state index in [-0.39, 0.29) is 12.4 Å². The lowest BCUT2D eigenvalue weighted by molar-refractivity contribution is 0.0829. The second kappa shape index (κ2) is 3.55. The summed E-state index contributed by atoms with van der Waals surface area (Å²) in [5.41, 5.74) is 0.957. The smallest absolute Gasteiger partial charge is 0.408 e. The molecule has 0 spiro atoms. The third-order valence-electron chi connectivity index (χ3n) is 3.69. The first-order chi connectivity index (χ1) is 8.57. The fourth-order valence-corrected chi connectivity index (χ4v) is 2.19. The molecule has 1 aromatic carbocycles. The predicted molar refractivity (Wildman–Crippen MR) is 64.5 cm³/mol. The van der Waals surface area contributed by atoms with E-state index < -0.39 is 11.2 Å². The van der Waals surface area contributed by atoms with Crippen molar-refractivity contribution in [1.82, 2.24) is 4.57 Å². The number of hydrogen-bond donors (Lipinski definition) is 1. The van der Waals surface area contributed by atoms with Crippen LogP contribution in [0.25, 0.3) is 11.1 Å². The Morgan fingerprint density at radius 3 is 2.83 bits per heavy atom. The summed E-state index contributed by atoms with van der Waals surface area (Å²) in [5, 5.41) is 9.25. The summed E-state index contributed by atoms with van der Waals surface area (Å²) < 4.78 is 6.44. The maximum Gasteiger partial charge on any atom is 0.419 e. The summed E-state index contributed by atoms with van der Waals surface area (Å²) in [6.45, 7) is -0.122. The van der Waals surface area contributed by atoms with Gasteiger partial charge in [0.05, 0.1) is 17.5 Å². The molecule has 1 fully saturated rings. The van der Waals surface area contributed by atoms with E-state index in [1.54, 1.807) is 25.2 Å². The fraction of sp³-hybridized carbons (Fsp3) is 0.385. The number of oxazole rings is 1. The van der Waals surface area contributed by atoms with Crippen LogP contribution in [0.5, 0.6) is 0 Å². The molecule has 18 heavy (non-hydrogen) atoms. The highest BCUT2D eigenvalue weighted by molar-refractivity contribution is 6.04. The van der Waals surface area contributed by atoms with Gasteiger partial charge in [0.15, 0.2) is 11.4 Å². The van der Waals surface area contributed by atoms with Gasteiger partial charge in [0.25, 0.3) is 0 Å². The monoisotopic (exact) mass is 247 g/mol. The van der Waals surface area contributed by atoms with E-state index in [4.69, 9.17) is 4.42 Å². The normalized spacial score (nSPS) is 17.0. The van der Waals surface area contributed by atoms with E-state index in [1.807, 2.05) is 0 Å². The Kier molecular flexibility index (Phi) is 2.22. The first kappa shape index (κ1) is 11.2. The molecule has 0 radical (unpaired) electrons. The van der Waals surface area contributed by atoms with Crippen molar-refractivity contribution in [3.05, 3.63) is 34.3 Å². The summed E-state index contributed by atoms with van der Waals surface area (Å²) in [4.78, 5) is 23.6. The van der Waals surface area contributed by atoms with Gasteiger partial charge in [-0.1, -0.05) is 0 Å². The van der Waals surface area contributed by atoms with E-state index in [1.165, 1.54) is 4.57 Å². The molecule has 0 bridgehead atoms. The van der Waals surface area contributed by atoms with Crippen LogP contribution in [-0.4, -0.2) is 22.1 Å². The number of aliphatic hydroxyl groups excluding tert-OH is 1.